The number of aromatic carboxylic acids is 2. The number of aryl methyl sites for hydroxylation is 2. The van der Waals surface area contributed by atoms with Crippen LogP contribution in [0.25, 0.3) is 0 Å². The van der Waals surface area contributed by atoms with Gasteiger partial charge in [0.25, 0.3) is 0 Å². The van der Waals surface area contributed by atoms with Crippen molar-refractivity contribution in [2.75, 3.05) is 7.11 Å². The Morgan fingerprint density at radius 1 is 1.11 bits per heavy atom. The molecule has 0 amide bonds. The van der Waals surface area contributed by atoms with Gasteiger partial charge in [0, 0.05) is 11.8 Å². The molecule has 0 saturated carbocycles. The van der Waals surface area contributed by atoms with Crippen molar-refractivity contribution in [2.24, 2.45) is 5.92 Å². The average molecular weight is 373 g/mol. The number of carboxylic acids is 2. The topological polar surface area (TPSA) is 117 Å². The number of nitrogens with zero attached hydrogens (tertiary/aromatic N) is 1. The van der Waals surface area contributed by atoms with E-state index in [4.69, 9.17) is 4.74 Å². The minimum absolute atomic E-state index is 0.0782. The highest BCUT2D eigenvalue weighted by atomic mass is 16.5. The molecule has 1 aromatic carbocycles. The number of hydrogen-bond donors (Lipinski definition) is 3. The van der Waals surface area contributed by atoms with Crippen LogP contribution in [0, 0.1) is 5.92 Å². The molecule has 0 bridgehead atoms. The van der Waals surface area contributed by atoms with E-state index in [0.29, 0.717) is 24.5 Å². The van der Waals surface area contributed by atoms with E-state index >= 15 is 0 Å². The Labute approximate surface area is 157 Å². The molecular weight excluding hydrogens is 350 g/mol. The zero-order valence-electron chi connectivity index (χ0n) is 15.5. The lowest BCUT2D eigenvalue weighted by atomic mass is 9.92. The molecule has 7 nitrogen and oxygen atoms in total. The molecule has 0 aliphatic rings. The van der Waals surface area contributed by atoms with Gasteiger partial charge in [-0.1, -0.05) is 19.9 Å². The summed E-state index contributed by atoms with van der Waals surface area (Å²) in [7, 11) is 1.48. The van der Waals surface area contributed by atoms with Crippen LogP contribution in [0.15, 0.2) is 24.4 Å². The predicted molar refractivity (Wildman–Crippen MR) is 98.8 cm³/mol. The van der Waals surface area contributed by atoms with E-state index in [2.05, 4.69) is 4.98 Å². The summed E-state index contributed by atoms with van der Waals surface area (Å²) in [6, 6.07) is 4.67. The first kappa shape index (κ1) is 20.2. The highest BCUT2D eigenvalue weighted by Gasteiger charge is 2.22. The first-order valence-corrected chi connectivity index (χ1v) is 8.58. The zero-order valence-corrected chi connectivity index (χ0v) is 15.5. The molecule has 3 N–H and O–H groups in total. The van der Waals surface area contributed by atoms with E-state index in [-0.39, 0.29) is 29.0 Å². The molecule has 0 saturated heterocycles. The summed E-state index contributed by atoms with van der Waals surface area (Å²) in [6.45, 7) is 4.06. The molecule has 0 spiro atoms. The summed E-state index contributed by atoms with van der Waals surface area (Å²) in [5.41, 5.74) is 1.21. The standard InChI is InChI=1S/C20H23NO6/c1-11(2)10-14-12(5-7-16(27-3)18(14)22)4-6-15-17(20(25)26)13(19(23)24)8-9-21-15/h5,7-9,11,22H,4,6,10H2,1-3H3,(H,23,24)(H,25,26). The number of benzene rings is 1. The van der Waals surface area contributed by atoms with Crippen molar-refractivity contribution in [1.82, 2.24) is 4.98 Å². The Morgan fingerprint density at radius 3 is 2.37 bits per heavy atom. The monoisotopic (exact) mass is 373 g/mol. The predicted octanol–water partition coefficient (Wildman–Crippen LogP) is 3.18. The Balaban J connectivity index is 2.40. The Kier molecular flexibility index (Phi) is 6.39. The van der Waals surface area contributed by atoms with Crippen molar-refractivity contribution < 1.29 is 29.6 Å². The Bertz CT molecular complexity index is 860. The quantitative estimate of drug-likeness (QED) is 0.650. The Hall–Kier alpha value is -3.09. The van der Waals surface area contributed by atoms with Crippen molar-refractivity contribution in [3.63, 3.8) is 0 Å². The highest BCUT2D eigenvalue weighted by molar-refractivity contribution is 6.02. The van der Waals surface area contributed by atoms with Gasteiger partial charge in [0.2, 0.25) is 0 Å². The summed E-state index contributed by atoms with van der Waals surface area (Å²) in [5, 5.41) is 29.1. The maximum absolute atomic E-state index is 11.5. The number of aromatic hydroxyl groups is 1. The van der Waals surface area contributed by atoms with Crippen LogP contribution in [0.3, 0.4) is 0 Å². The number of carboxylic acid groups (broad SMARTS) is 2. The number of rotatable bonds is 8. The minimum atomic E-state index is -1.32. The van der Waals surface area contributed by atoms with Gasteiger partial charge in [-0.15, -0.1) is 0 Å². The fraction of sp³-hybridized carbons (Fsp3) is 0.350. The molecule has 1 aromatic heterocycles. The van der Waals surface area contributed by atoms with Crippen LogP contribution >= 0.6 is 0 Å². The number of phenolic OH excluding ortho intramolecular Hbond substituents is 1. The summed E-state index contributed by atoms with van der Waals surface area (Å²) in [5.74, 6) is -1.88. The number of phenols is 1. The van der Waals surface area contributed by atoms with Gasteiger partial charge in [0.15, 0.2) is 11.5 Å². The maximum atomic E-state index is 11.5. The summed E-state index contributed by atoms with van der Waals surface area (Å²) >= 11 is 0. The van der Waals surface area contributed by atoms with E-state index in [9.17, 15) is 24.9 Å². The van der Waals surface area contributed by atoms with Crippen molar-refractivity contribution in [2.45, 2.75) is 33.1 Å². The van der Waals surface area contributed by atoms with Crippen LogP contribution in [-0.4, -0.2) is 39.4 Å². The number of carbonyl (C=O) groups is 2. The van der Waals surface area contributed by atoms with E-state index in [1.165, 1.54) is 19.4 Å². The van der Waals surface area contributed by atoms with Crippen molar-refractivity contribution in [3.8, 4) is 11.5 Å². The molecule has 0 fully saturated rings. The highest BCUT2D eigenvalue weighted by Crippen LogP contribution is 2.34. The van der Waals surface area contributed by atoms with Crippen molar-refractivity contribution in [3.05, 3.63) is 52.3 Å². The molecule has 0 aliphatic heterocycles. The molecule has 0 aliphatic carbocycles. The molecule has 144 valence electrons. The van der Waals surface area contributed by atoms with E-state index in [0.717, 1.165) is 11.1 Å². The molecule has 2 aromatic rings. The third-order valence-electron chi connectivity index (χ3n) is 4.28. The molecule has 27 heavy (non-hydrogen) atoms. The van der Waals surface area contributed by atoms with Gasteiger partial charge < -0.3 is 20.1 Å². The maximum Gasteiger partial charge on any atom is 0.338 e. The second-order valence-electron chi connectivity index (χ2n) is 6.64. The molecular formula is C20H23NO6. The molecule has 0 radical (unpaired) electrons. The van der Waals surface area contributed by atoms with Crippen molar-refractivity contribution >= 4 is 11.9 Å². The zero-order chi connectivity index (χ0) is 20.1. The van der Waals surface area contributed by atoms with E-state index in [1.807, 2.05) is 19.9 Å². The lowest BCUT2D eigenvalue weighted by molar-refractivity contribution is 0.0649. The third kappa shape index (κ3) is 4.55. The van der Waals surface area contributed by atoms with Gasteiger partial charge in [-0.3, -0.25) is 4.98 Å². The van der Waals surface area contributed by atoms with Crippen LogP contribution in [0.5, 0.6) is 11.5 Å². The number of ether oxygens (including phenoxy) is 1. The lowest BCUT2D eigenvalue weighted by Gasteiger charge is -2.16. The number of methoxy groups -OCH3 is 1. The van der Waals surface area contributed by atoms with Gasteiger partial charge in [-0.05, 0) is 42.9 Å². The van der Waals surface area contributed by atoms with Crippen LogP contribution in [0.2, 0.25) is 0 Å². The molecule has 0 unspecified atom stereocenters. The molecule has 2 rings (SSSR count). The summed E-state index contributed by atoms with van der Waals surface area (Å²) in [4.78, 5) is 26.9. The molecule has 0 atom stereocenters. The van der Waals surface area contributed by atoms with Gasteiger partial charge in [0.1, 0.15) is 0 Å². The first-order chi connectivity index (χ1) is 12.8. The molecule has 7 heteroatoms. The third-order valence-corrected chi connectivity index (χ3v) is 4.28. The van der Waals surface area contributed by atoms with E-state index in [1.54, 1.807) is 6.07 Å². The van der Waals surface area contributed by atoms with Gasteiger partial charge in [-0.2, -0.15) is 0 Å². The number of hydrogen-bond acceptors (Lipinski definition) is 5. The normalized spacial score (nSPS) is 10.8. The van der Waals surface area contributed by atoms with Gasteiger partial charge >= 0.3 is 11.9 Å². The number of pyridine rings is 1. The van der Waals surface area contributed by atoms with Gasteiger partial charge in [-0.25, -0.2) is 9.59 Å². The Morgan fingerprint density at radius 2 is 1.81 bits per heavy atom. The largest absolute Gasteiger partial charge is 0.504 e. The second kappa shape index (κ2) is 8.53. The van der Waals surface area contributed by atoms with Crippen LogP contribution in [-0.2, 0) is 19.3 Å². The average Bonchev–Trinajstić information content (AvgIpc) is 2.61. The summed E-state index contributed by atoms with van der Waals surface area (Å²) < 4.78 is 5.17. The van der Waals surface area contributed by atoms with Crippen molar-refractivity contribution in [1.29, 1.82) is 0 Å². The summed E-state index contributed by atoms with van der Waals surface area (Å²) in [6.07, 6.45) is 2.58. The smallest absolute Gasteiger partial charge is 0.338 e. The lowest BCUT2D eigenvalue weighted by Crippen LogP contribution is -2.14. The minimum Gasteiger partial charge on any atom is -0.504 e. The number of aromatic nitrogens is 1. The fourth-order valence-corrected chi connectivity index (χ4v) is 3.06. The van der Waals surface area contributed by atoms with Crippen LogP contribution in [0.4, 0.5) is 0 Å². The van der Waals surface area contributed by atoms with Gasteiger partial charge in [0.05, 0.1) is 23.9 Å². The van der Waals surface area contributed by atoms with Crippen LogP contribution < -0.4 is 4.74 Å². The van der Waals surface area contributed by atoms with Crippen LogP contribution in [0.1, 0.15) is 51.4 Å². The molecule has 1 heterocycles. The second-order valence-corrected chi connectivity index (χ2v) is 6.64. The van der Waals surface area contributed by atoms with E-state index < -0.39 is 11.9 Å². The SMILES string of the molecule is COc1ccc(CCc2nccc(C(=O)O)c2C(=O)O)c(CC(C)C)c1O. The fourth-order valence-electron chi connectivity index (χ4n) is 3.06. The first-order valence-electron chi connectivity index (χ1n) is 8.58.